The molecule has 0 fully saturated rings. The Kier molecular flexibility index (Phi) is 6.08. The Balaban J connectivity index is 2.07. The molecule has 3 rings (SSSR count). The highest BCUT2D eigenvalue weighted by molar-refractivity contribution is 7.89. The summed E-state index contributed by atoms with van der Waals surface area (Å²) in [5, 5.41) is 5.70. The molecular weight excluding hydrogens is 429 g/mol. The molecule has 0 radical (unpaired) electrons. The number of rotatable bonds is 5. The van der Waals surface area contributed by atoms with Crippen molar-refractivity contribution in [1.29, 1.82) is 0 Å². The summed E-state index contributed by atoms with van der Waals surface area (Å²) in [4.78, 5) is 4.50. The molecule has 1 heterocycles. The van der Waals surface area contributed by atoms with Crippen LogP contribution < -0.4 is 0 Å². The van der Waals surface area contributed by atoms with Gasteiger partial charge in [0.2, 0.25) is 0 Å². The Bertz CT molecular complexity index is 1150. The maximum Gasteiger partial charge on any atom is 0.166 e. The first-order valence-corrected chi connectivity index (χ1v) is 11.9. The van der Waals surface area contributed by atoms with E-state index >= 15 is 0 Å². The standard InChI is InChI=1S/C21H23Cl2N3O2S/c1-21(2,3)17-9-8-15(11-18(17)23)20-24-19(13-29(4,27)28)25-26(20)12-14-6-5-7-16(22)10-14/h5-11H,12-13H2,1-4H3. The Labute approximate surface area is 181 Å². The summed E-state index contributed by atoms with van der Waals surface area (Å²) >= 11 is 12.6. The normalized spacial score (nSPS) is 12.3. The lowest BCUT2D eigenvalue weighted by Crippen LogP contribution is -2.12. The van der Waals surface area contributed by atoms with Crippen molar-refractivity contribution in [3.05, 3.63) is 69.5 Å². The molecule has 0 aliphatic heterocycles. The fourth-order valence-corrected chi connectivity index (χ4v) is 4.35. The molecule has 0 atom stereocenters. The van der Waals surface area contributed by atoms with E-state index in [2.05, 4.69) is 30.9 Å². The minimum absolute atomic E-state index is 0.0917. The van der Waals surface area contributed by atoms with Crippen LogP contribution in [0.5, 0.6) is 0 Å². The first kappa shape index (κ1) is 21.8. The summed E-state index contributed by atoms with van der Waals surface area (Å²) in [6.45, 7) is 6.70. The van der Waals surface area contributed by atoms with E-state index < -0.39 is 9.84 Å². The summed E-state index contributed by atoms with van der Waals surface area (Å²) in [6.07, 6.45) is 1.17. The topological polar surface area (TPSA) is 64.8 Å². The van der Waals surface area contributed by atoms with Gasteiger partial charge < -0.3 is 0 Å². The minimum atomic E-state index is -3.26. The molecular formula is C21H23Cl2N3O2S. The second kappa shape index (κ2) is 8.09. The molecule has 2 aromatic carbocycles. The van der Waals surface area contributed by atoms with Gasteiger partial charge in [-0.1, -0.05) is 68.2 Å². The van der Waals surface area contributed by atoms with Gasteiger partial charge in [0.05, 0.1) is 6.54 Å². The second-order valence-electron chi connectivity index (χ2n) is 8.15. The Morgan fingerprint density at radius 1 is 1.07 bits per heavy atom. The Morgan fingerprint density at radius 3 is 2.38 bits per heavy atom. The van der Waals surface area contributed by atoms with Crippen LogP contribution in [0, 0.1) is 0 Å². The lowest BCUT2D eigenvalue weighted by atomic mass is 9.86. The number of benzene rings is 2. The molecule has 0 amide bonds. The molecule has 0 aliphatic carbocycles. The number of sulfone groups is 1. The van der Waals surface area contributed by atoms with Gasteiger partial charge in [0.15, 0.2) is 21.5 Å². The molecule has 0 aliphatic rings. The van der Waals surface area contributed by atoms with Gasteiger partial charge in [0.1, 0.15) is 5.75 Å². The summed E-state index contributed by atoms with van der Waals surface area (Å²) < 4.78 is 25.2. The van der Waals surface area contributed by atoms with Crippen molar-refractivity contribution < 1.29 is 8.42 Å². The molecule has 3 aromatic rings. The predicted octanol–water partition coefficient (Wildman–Crippen LogP) is 5.14. The third-order valence-electron chi connectivity index (χ3n) is 4.36. The molecule has 0 bridgehead atoms. The van der Waals surface area contributed by atoms with Crippen molar-refractivity contribution in [3.63, 3.8) is 0 Å². The van der Waals surface area contributed by atoms with Crippen LogP contribution in [-0.2, 0) is 27.5 Å². The molecule has 0 saturated heterocycles. The summed E-state index contributed by atoms with van der Waals surface area (Å²) in [5.41, 5.74) is 2.65. The number of aromatic nitrogens is 3. The van der Waals surface area contributed by atoms with E-state index in [1.807, 2.05) is 36.4 Å². The van der Waals surface area contributed by atoms with Gasteiger partial charge in [0.25, 0.3) is 0 Å². The molecule has 154 valence electrons. The number of halogens is 2. The van der Waals surface area contributed by atoms with Crippen LogP contribution in [0.1, 0.15) is 37.7 Å². The first-order chi connectivity index (χ1) is 13.4. The zero-order valence-corrected chi connectivity index (χ0v) is 19.1. The van der Waals surface area contributed by atoms with Crippen LogP contribution in [0.25, 0.3) is 11.4 Å². The molecule has 0 unspecified atom stereocenters. The molecule has 1 aromatic heterocycles. The first-order valence-electron chi connectivity index (χ1n) is 9.09. The molecule has 8 heteroatoms. The van der Waals surface area contributed by atoms with E-state index in [1.54, 1.807) is 10.7 Å². The smallest absolute Gasteiger partial charge is 0.166 e. The molecule has 0 spiro atoms. The quantitative estimate of drug-likeness (QED) is 0.538. The minimum Gasteiger partial charge on any atom is -0.241 e. The van der Waals surface area contributed by atoms with Gasteiger partial charge in [-0.15, -0.1) is 0 Å². The lowest BCUT2D eigenvalue weighted by Gasteiger charge is -2.21. The monoisotopic (exact) mass is 451 g/mol. The van der Waals surface area contributed by atoms with Crippen molar-refractivity contribution in [1.82, 2.24) is 14.8 Å². The highest BCUT2D eigenvalue weighted by Crippen LogP contribution is 2.33. The Hall–Kier alpha value is -1.89. The maximum absolute atomic E-state index is 11.7. The van der Waals surface area contributed by atoms with E-state index in [4.69, 9.17) is 23.2 Å². The zero-order valence-electron chi connectivity index (χ0n) is 16.8. The largest absolute Gasteiger partial charge is 0.241 e. The van der Waals surface area contributed by atoms with Gasteiger partial charge in [-0.3, -0.25) is 0 Å². The number of hydrogen-bond acceptors (Lipinski definition) is 4. The number of nitrogens with zero attached hydrogens (tertiary/aromatic N) is 3. The third kappa shape index (κ3) is 5.59. The second-order valence-corrected chi connectivity index (χ2v) is 11.1. The van der Waals surface area contributed by atoms with Gasteiger partial charge in [-0.2, -0.15) is 5.10 Å². The van der Waals surface area contributed by atoms with Crippen LogP contribution in [0.3, 0.4) is 0 Å². The molecule has 29 heavy (non-hydrogen) atoms. The SMILES string of the molecule is CC(C)(C)c1ccc(-c2nc(CS(C)(=O)=O)nn2Cc2cccc(Cl)c2)cc1Cl. The summed E-state index contributed by atoms with van der Waals surface area (Å²) in [7, 11) is -3.26. The summed E-state index contributed by atoms with van der Waals surface area (Å²) in [5.74, 6) is 0.586. The average Bonchev–Trinajstić information content (AvgIpc) is 2.93. The van der Waals surface area contributed by atoms with E-state index in [1.165, 1.54) is 6.26 Å². The van der Waals surface area contributed by atoms with E-state index in [0.29, 0.717) is 22.4 Å². The maximum atomic E-state index is 11.7. The zero-order chi connectivity index (χ0) is 21.4. The predicted molar refractivity (Wildman–Crippen MR) is 118 cm³/mol. The molecule has 5 nitrogen and oxygen atoms in total. The fraction of sp³-hybridized carbons (Fsp3) is 0.333. The van der Waals surface area contributed by atoms with Crippen LogP contribution in [0.2, 0.25) is 10.0 Å². The number of hydrogen-bond donors (Lipinski definition) is 0. The van der Waals surface area contributed by atoms with Crippen molar-refractivity contribution in [3.8, 4) is 11.4 Å². The van der Waals surface area contributed by atoms with Crippen LogP contribution >= 0.6 is 23.2 Å². The fourth-order valence-electron chi connectivity index (χ4n) is 3.08. The van der Waals surface area contributed by atoms with Crippen molar-refractivity contribution in [2.45, 2.75) is 38.5 Å². The highest BCUT2D eigenvalue weighted by atomic mass is 35.5. The van der Waals surface area contributed by atoms with Crippen LogP contribution in [-0.4, -0.2) is 29.4 Å². The summed E-state index contributed by atoms with van der Waals surface area (Å²) in [6, 6.07) is 13.2. The van der Waals surface area contributed by atoms with E-state index in [-0.39, 0.29) is 17.0 Å². The van der Waals surface area contributed by atoms with Gasteiger partial charge >= 0.3 is 0 Å². The molecule has 0 N–H and O–H groups in total. The average molecular weight is 452 g/mol. The van der Waals surface area contributed by atoms with Crippen LogP contribution in [0.15, 0.2) is 42.5 Å². The molecule has 0 saturated carbocycles. The Morgan fingerprint density at radius 2 is 1.79 bits per heavy atom. The lowest BCUT2D eigenvalue weighted by molar-refractivity contribution is 0.590. The van der Waals surface area contributed by atoms with Crippen molar-refractivity contribution in [2.75, 3.05) is 6.26 Å². The van der Waals surface area contributed by atoms with Crippen LogP contribution in [0.4, 0.5) is 0 Å². The van der Waals surface area contributed by atoms with E-state index in [0.717, 1.165) is 16.7 Å². The van der Waals surface area contributed by atoms with Crippen molar-refractivity contribution >= 4 is 33.0 Å². The van der Waals surface area contributed by atoms with Crippen molar-refractivity contribution in [2.24, 2.45) is 0 Å². The third-order valence-corrected chi connectivity index (χ3v) is 5.69. The van der Waals surface area contributed by atoms with Gasteiger partial charge in [-0.05, 0) is 34.7 Å². The highest BCUT2D eigenvalue weighted by Gasteiger charge is 2.20. The van der Waals surface area contributed by atoms with Gasteiger partial charge in [-0.25, -0.2) is 18.1 Å². The van der Waals surface area contributed by atoms with Gasteiger partial charge in [0, 0.05) is 21.9 Å². The van der Waals surface area contributed by atoms with E-state index in [9.17, 15) is 8.42 Å².